The molecule has 84 valence electrons. The van der Waals surface area contributed by atoms with Crippen molar-refractivity contribution in [1.82, 2.24) is 9.97 Å². The smallest absolute Gasteiger partial charge is 0.134 e. The quantitative estimate of drug-likeness (QED) is 0.530. The molecule has 0 bridgehead atoms. The topological polar surface area (TPSA) is 90.3 Å². The maximum Gasteiger partial charge on any atom is 0.134 e. The molecule has 0 saturated carbocycles. The lowest BCUT2D eigenvalue weighted by molar-refractivity contribution is 0.105. The number of aromatic nitrogens is 2. The lowest BCUT2D eigenvalue weighted by Gasteiger charge is -2.12. The number of hydrogen-bond acceptors (Lipinski definition) is 6. The average Bonchev–Trinajstić information content (AvgIpc) is 2.27. The summed E-state index contributed by atoms with van der Waals surface area (Å²) in [5.41, 5.74) is 0.880. The van der Waals surface area contributed by atoms with Crippen LogP contribution < -0.4 is 10.6 Å². The summed E-state index contributed by atoms with van der Waals surface area (Å²) in [4.78, 5) is 8.07. The minimum Gasteiger partial charge on any atom is -0.394 e. The van der Waals surface area contributed by atoms with Crippen LogP contribution in [-0.2, 0) is 0 Å². The molecule has 1 rings (SSSR count). The molecular formula is C9H16N4O2. The first kappa shape index (κ1) is 11.7. The van der Waals surface area contributed by atoms with Gasteiger partial charge >= 0.3 is 0 Å². The van der Waals surface area contributed by atoms with E-state index in [0.29, 0.717) is 5.82 Å². The van der Waals surface area contributed by atoms with E-state index in [9.17, 15) is 0 Å². The van der Waals surface area contributed by atoms with E-state index >= 15 is 0 Å². The van der Waals surface area contributed by atoms with Gasteiger partial charge in [-0.3, -0.25) is 0 Å². The van der Waals surface area contributed by atoms with Crippen LogP contribution in [-0.4, -0.2) is 46.5 Å². The van der Waals surface area contributed by atoms with E-state index < -0.39 is 6.10 Å². The third-order valence-corrected chi connectivity index (χ3v) is 2.04. The SMILES string of the molecule is CNc1ncnc(NCC(O)CO)c1C. The van der Waals surface area contributed by atoms with E-state index in [1.54, 1.807) is 7.05 Å². The summed E-state index contributed by atoms with van der Waals surface area (Å²) in [7, 11) is 1.78. The Hall–Kier alpha value is -1.40. The molecule has 6 nitrogen and oxygen atoms in total. The Kier molecular flexibility index (Phi) is 4.26. The summed E-state index contributed by atoms with van der Waals surface area (Å²) in [5.74, 6) is 1.40. The number of aliphatic hydroxyl groups excluding tert-OH is 2. The van der Waals surface area contributed by atoms with E-state index in [1.807, 2.05) is 6.92 Å². The molecule has 0 fully saturated rings. The van der Waals surface area contributed by atoms with Gasteiger partial charge in [-0.1, -0.05) is 0 Å². The van der Waals surface area contributed by atoms with Gasteiger partial charge in [0.25, 0.3) is 0 Å². The minimum atomic E-state index is -0.780. The fourth-order valence-corrected chi connectivity index (χ4v) is 1.16. The van der Waals surface area contributed by atoms with Gasteiger partial charge in [0.15, 0.2) is 0 Å². The van der Waals surface area contributed by atoms with Crippen molar-refractivity contribution in [1.29, 1.82) is 0 Å². The molecule has 0 aliphatic carbocycles. The first-order chi connectivity index (χ1) is 7.19. The zero-order valence-electron chi connectivity index (χ0n) is 8.86. The van der Waals surface area contributed by atoms with Gasteiger partial charge in [-0.05, 0) is 6.92 Å². The molecule has 0 amide bonds. The number of nitrogens with zero attached hydrogens (tertiary/aromatic N) is 2. The normalized spacial score (nSPS) is 12.3. The highest BCUT2D eigenvalue weighted by Gasteiger charge is 2.07. The Labute approximate surface area is 88.4 Å². The molecule has 4 N–H and O–H groups in total. The van der Waals surface area contributed by atoms with Gasteiger partial charge in [-0.2, -0.15) is 0 Å². The highest BCUT2D eigenvalue weighted by atomic mass is 16.3. The number of hydrogen-bond donors (Lipinski definition) is 4. The minimum absolute atomic E-state index is 0.261. The maximum absolute atomic E-state index is 9.17. The second-order valence-electron chi connectivity index (χ2n) is 3.16. The zero-order valence-corrected chi connectivity index (χ0v) is 8.86. The summed E-state index contributed by atoms with van der Waals surface area (Å²) in [6.45, 7) is 1.87. The standard InChI is InChI=1S/C9H16N4O2/c1-6-8(10-2)12-5-13-9(6)11-3-7(15)4-14/h5,7,14-15H,3-4H2,1-2H3,(H2,10,11,12,13). The number of aliphatic hydroxyl groups is 2. The molecule has 0 aliphatic heterocycles. The van der Waals surface area contributed by atoms with Crippen LogP contribution in [0.3, 0.4) is 0 Å². The summed E-state index contributed by atoms with van der Waals surface area (Å²) >= 11 is 0. The third-order valence-electron chi connectivity index (χ3n) is 2.04. The summed E-state index contributed by atoms with van der Waals surface area (Å²) in [6.07, 6.45) is 0.657. The van der Waals surface area contributed by atoms with E-state index in [4.69, 9.17) is 10.2 Å². The zero-order chi connectivity index (χ0) is 11.3. The highest BCUT2D eigenvalue weighted by Crippen LogP contribution is 2.16. The van der Waals surface area contributed by atoms with E-state index in [1.165, 1.54) is 6.33 Å². The Morgan fingerprint density at radius 3 is 2.67 bits per heavy atom. The van der Waals surface area contributed by atoms with E-state index in [0.717, 1.165) is 11.4 Å². The van der Waals surface area contributed by atoms with Crippen molar-refractivity contribution >= 4 is 11.6 Å². The Bertz CT molecular complexity index is 319. The van der Waals surface area contributed by atoms with Gasteiger partial charge in [0.05, 0.1) is 12.7 Å². The molecule has 1 aromatic rings. The summed E-state index contributed by atoms with van der Waals surface area (Å²) < 4.78 is 0. The monoisotopic (exact) mass is 212 g/mol. The van der Waals surface area contributed by atoms with Crippen LogP contribution in [0.1, 0.15) is 5.56 Å². The molecule has 0 spiro atoms. The molecular weight excluding hydrogens is 196 g/mol. The lowest BCUT2D eigenvalue weighted by Crippen LogP contribution is -2.23. The first-order valence-electron chi connectivity index (χ1n) is 4.71. The van der Waals surface area contributed by atoms with Crippen LogP contribution in [0.15, 0.2) is 6.33 Å². The van der Waals surface area contributed by atoms with Gasteiger partial charge in [-0.25, -0.2) is 9.97 Å². The summed E-state index contributed by atoms with van der Waals surface area (Å²) in [6, 6.07) is 0. The second-order valence-corrected chi connectivity index (χ2v) is 3.16. The van der Waals surface area contributed by atoms with Crippen LogP contribution in [0.5, 0.6) is 0 Å². The molecule has 1 heterocycles. The largest absolute Gasteiger partial charge is 0.394 e. The van der Waals surface area contributed by atoms with Gasteiger partial charge in [0, 0.05) is 19.2 Å². The van der Waals surface area contributed by atoms with Gasteiger partial charge in [0.2, 0.25) is 0 Å². The van der Waals surface area contributed by atoms with Gasteiger partial charge < -0.3 is 20.8 Å². The van der Waals surface area contributed by atoms with Gasteiger partial charge in [-0.15, -0.1) is 0 Å². The van der Waals surface area contributed by atoms with Crippen LogP contribution in [0.25, 0.3) is 0 Å². The molecule has 0 aromatic carbocycles. The fraction of sp³-hybridized carbons (Fsp3) is 0.556. The van der Waals surface area contributed by atoms with Crippen molar-refractivity contribution in [3.8, 4) is 0 Å². The number of rotatable bonds is 5. The van der Waals surface area contributed by atoms with E-state index in [2.05, 4.69) is 20.6 Å². The predicted octanol–water partition coefficient (Wildman–Crippen LogP) is -0.408. The Morgan fingerprint density at radius 1 is 1.40 bits per heavy atom. The number of nitrogens with one attached hydrogen (secondary N) is 2. The molecule has 1 atom stereocenters. The molecule has 1 aromatic heterocycles. The summed E-state index contributed by atoms with van der Waals surface area (Å²) in [5, 5.41) is 23.7. The van der Waals surface area contributed by atoms with Crippen molar-refractivity contribution in [3.63, 3.8) is 0 Å². The maximum atomic E-state index is 9.17. The Morgan fingerprint density at radius 2 is 2.07 bits per heavy atom. The second kappa shape index (κ2) is 5.47. The van der Waals surface area contributed by atoms with Gasteiger partial charge in [0.1, 0.15) is 18.0 Å². The molecule has 15 heavy (non-hydrogen) atoms. The molecule has 6 heteroatoms. The van der Waals surface area contributed by atoms with Crippen LogP contribution in [0.4, 0.5) is 11.6 Å². The number of anilines is 2. The van der Waals surface area contributed by atoms with Crippen LogP contribution >= 0.6 is 0 Å². The first-order valence-corrected chi connectivity index (χ1v) is 4.71. The molecule has 1 unspecified atom stereocenters. The molecule has 0 radical (unpaired) electrons. The van der Waals surface area contributed by atoms with Crippen molar-refractivity contribution in [2.45, 2.75) is 13.0 Å². The predicted molar refractivity (Wildman–Crippen MR) is 57.9 cm³/mol. The highest BCUT2D eigenvalue weighted by molar-refractivity contribution is 5.56. The molecule has 0 saturated heterocycles. The van der Waals surface area contributed by atoms with Crippen molar-refractivity contribution in [2.75, 3.05) is 30.8 Å². The van der Waals surface area contributed by atoms with Crippen LogP contribution in [0, 0.1) is 6.92 Å². The van der Waals surface area contributed by atoms with Crippen LogP contribution in [0.2, 0.25) is 0 Å². The van der Waals surface area contributed by atoms with E-state index in [-0.39, 0.29) is 13.2 Å². The Balaban J connectivity index is 2.68. The lowest BCUT2D eigenvalue weighted by atomic mass is 10.3. The molecule has 0 aliphatic rings. The van der Waals surface area contributed by atoms with Crippen molar-refractivity contribution < 1.29 is 10.2 Å². The van der Waals surface area contributed by atoms with Crippen molar-refractivity contribution in [3.05, 3.63) is 11.9 Å². The third kappa shape index (κ3) is 3.03. The average molecular weight is 212 g/mol. The fourth-order valence-electron chi connectivity index (χ4n) is 1.16. The van der Waals surface area contributed by atoms with Crippen molar-refractivity contribution in [2.24, 2.45) is 0 Å².